The van der Waals surface area contributed by atoms with E-state index in [1.54, 1.807) is 24.3 Å². The monoisotopic (exact) mass is 224 g/mol. The molecule has 88 valence electrons. The molecular weight excluding hydrogens is 208 g/mol. The second-order valence-electron chi connectivity index (χ2n) is 3.84. The van der Waals surface area contributed by atoms with Gasteiger partial charge in [0, 0.05) is 0 Å². The van der Waals surface area contributed by atoms with Gasteiger partial charge in [-0.15, -0.1) is 0 Å². The summed E-state index contributed by atoms with van der Waals surface area (Å²) in [5, 5.41) is 9.33. The highest BCUT2D eigenvalue weighted by atomic mass is 17.0. The standard InChI is InChI=1S/C9H8O4.C3H8/c10-6-3-1-2-4-7(6)11-5-9-8(12-9)13-9;1-3-2/h1-4,8,10H,5H2;3H2,1-2H3. The molecule has 0 aliphatic carbocycles. The Morgan fingerprint density at radius 3 is 2.38 bits per heavy atom. The Balaban J connectivity index is 0.000000292. The molecule has 2 aliphatic heterocycles. The van der Waals surface area contributed by atoms with E-state index in [4.69, 9.17) is 14.2 Å². The first-order valence-electron chi connectivity index (χ1n) is 5.48. The Morgan fingerprint density at radius 1 is 1.31 bits per heavy atom. The molecule has 16 heavy (non-hydrogen) atoms. The van der Waals surface area contributed by atoms with Crippen molar-refractivity contribution in [2.75, 3.05) is 6.61 Å². The molecule has 0 saturated carbocycles. The van der Waals surface area contributed by atoms with E-state index in [0.29, 0.717) is 12.4 Å². The molecular formula is C12H16O4. The van der Waals surface area contributed by atoms with Crippen LogP contribution in [0.4, 0.5) is 0 Å². The number of ether oxygens (including phenoxy) is 3. The molecule has 0 radical (unpaired) electrons. The predicted octanol–water partition coefficient (Wildman–Crippen LogP) is 2.27. The van der Waals surface area contributed by atoms with Gasteiger partial charge in [-0.1, -0.05) is 32.4 Å². The molecule has 0 amide bonds. The van der Waals surface area contributed by atoms with Gasteiger partial charge < -0.3 is 19.3 Å². The second kappa shape index (κ2) is 4.31. The van der Waals surface area contributed by atoms with E-state index in [0.717, 1.165) is 0 Å². The zero-order valence-electron chi connectivity index (χ0n) is 9.47. The molecule has 0 unspecified atom stereocenters. The summed E-state index contributed by atoms with van der Waals surface area (Å²) in [4.78, 5) is 0. The van der Waals surface area contributed by atoms with Gasteiger partial charge in [0.25, 0.3) is 5.79 Å². The molecule has 0 spiro atoms. The fourth-order valence-corrected chi connectivity index (χ4v) is 1.20. The SMILES string of the molecule is CCC.Oc1ccccc1OCC12OC1O2. The fraction of sp³-hybridized carbons (Fsp3) is 0.500. The van der Waals surface area contributed by atoms with Gasteiger partial charge in [-0.2, -0.15) is 0 Å². The molecule has 2 aliphatic rings. The maximum Gasteiger partial charge on any atom is 0.261 e. The first-order valence-corrected chi connectivity index (χ1v) is 5.48. The molecule has 1 aromatic carbocycles. The smallest absolute Gasteiger partial charge is 0.261 e. The van der Waals surface area contributed by atoms with Crippen LogP contribution in [-0.4, -0.2) is 23.8 Å². The molecule has 1 N–H and O–H groups in total. The highest BCUT2D eigenvalue weighted by molar-refractivity contribution is 5.38. The molecule has 3 rings (SSSR count). The highest BCUT2D eigenvalue weighted by Crippen LogP contribution is 2.56. The second-order valence-corrected chi connectivity index (χ2v) is 3.84. The number of hydrogen-bond donors (Lipinski definition) is 1. The van der Waals surface area contributed by atoms with Crippen molar-refractivity contribution in [1.29, 1.82) is 0 Å². The lowest BCUT2D eigenvalue weighted by Crippen LogP contribution is -2.12. The summed E-state index contributed by atoms with van der Waals surface area (Å²) in [7, 11) is 0. The van der Waals surface area contributed by atoms with Gasteiger partial charge in [-0.25, -0.2) is 0 Å². The Bertz CT molecular complexity index is 358. The molecule has 0 atom stereocenters. The minimum Gasteiger partial charge on any atom is -0.504 e. The quantitative estimate of drug-likeness (QED) is 0.800. The van der Waals surface area contributed by atoms with Gasteiger partial charge in [0.1, 0.15) is 6.61 Å². The highest BCUT2D eigenvalue weighted by Gasteiger charge is 2.78. The zero-order chi connectivity index (χ0) is 11.6. The fourth-order valence-electron chi connectivity index (χ4n) is 1.20. The lowest BCUT2D eigenvalue weighted by molar-refractivity contribution is -0.0678. The molecule has 2 saturated heterocycles. The van der Waals surface area contributed by atoms with Crippen LogP contribution in [0.25, 0.3) is 0 Å². The number of fused-ring (bicyclic) bond motifs is 1. The van der Waals surface area contributed by atoms with Gasteiger partial charge in [0.15, 0.2) is 11.5 Å². The first-order chi connectivity index (χ1) is 7.72. The van der Waals surface area contributed by atoms with Crippen LogP contribution in [0.1, 0.15) is 20.3 Å². The Hall–Kier alpha value is -1.26. The maximum atomic E-state index is 9.33. The van der Waals surface area contributed by atoms with Crippen LogP contribution in [0, 0.1) is 0 Å². The van der Waals surface area contributed by atoms with E-state index < -0.39 is 5.79 Å². The molecule has 4 heteroatoms. The summed E-state index contributed by atoms with van der Waals surface area (Å²) >= 11 is 0. The number of phenols is 1. The van der Waals surface area contributed by atoms with Gasteiger partial charge >= 0.3 is 0 Å². The van der Waals surface area contributed by atoms with E-state index in [1.807, 2.05) is 0 Å². The summed E-state index contributed by atoms with van der Waals surface area (Å²) < 4.78 is 15.4. The summed E-state index contributed by atoms with van der Waals surface area (Å²) in [5.74, 6) is 0.126. The van der Waals surface area contributed by atoms with Crippen LogP contribution in [0.5, 0.6) is 11.5 Å². The Kier molecular flexibility index (Phi) is 3.03. The largest absolute Gasteiger partial charge is 0.504 e. The lowest BCUT2D eigenvalue weighted by Gasteiger charge is -2.06. The molecule has 2 fully saturated rings. The minimum absolute atomic E-state index is 0.0571. The Labute approximate surface area is 94.8 Å². The average molecular weight is 224 g/mol. The number of para-hydroxylation sites is 2. The molecule has 4 nitrogen and oxygen atoms in total. The van der Waals surface area contributed by atoms with Crippen LogP contribution >= 0.6 is 0 Å². The van der Waals surface area contributed by atoms with E-state index in [9.17, 15) is 5.11 Å². The normalized spacial score (nSPS) is 28.5. The molecule has 0 bridgehead atoms. The van der Waals surface area contributed by atoms with Crippen LogP contribution in [-0.2, 0) is 9.47 Å². The van der Waals surface area contributed by atoms with Crippen molar-refractivity contribution in [3.63, 3.8) is 0 Å². The minimum atomic E-state index is -0.470. The molecule has 0 aromatic heterocycles. The topological polar surface area (TPSA) is 54.5 Å². The number of benzene rings is 1. The van der Waals surface area contributed by atoms with E-state index in [2.05, 4.69) is 13.8 Å². The molecule has 1 aromatic rings. The van der Waals surface area contributed by atoms with Crippen LogP contribution in [0.2, 0.25) is 0 Å². The lowest BCUT2D eigenvalue weighted by atomic mass is 10.3. The van der Waals surface area contributed by atoms with Gasteiger partial charge in [0.05, 0.1) is 0 Å². The van der Waals surface area contributed by atoms with Crippen molar-refractivity contribution in [2.45, 2.75) is 32.3 Å². The summed E-state index contributed by atoms with van der Waals surface area (Å²) in [5.41, 5.74) is 0. The van der Waals surface area contributed by atoms with Crippen LogP contribution in [0.15, 0.2) is 24.3 Å². The number of phenolic OH excluding ortho intramolecular Hbond substituents is 1. The Morgan fingerprint density at radius 2 is 1.88 bits per heavy atom. The summed E-state index contributed by atoms with van der Waals surface area (Å²) in [6.07, 6.45) is 1.19. The number of aromatic hydroxyl groups is 1. The maximum absolute atomic E-state index is 9.33. The van der Waals surface area contributed by atoms with E-state index in [-0.39, 0.29) is 12.0 Å². The third-order valence-electron chi connectivity index (χ3n) is 2.15. The third kappa shape index (κ3) is 2.28. The number of rotatable bonds is 3. The van der Waals surface area contributed by atoms with Crippen molar-refractivity contribution in [1.82, 2.24) is 0 Å². The van der Waals surface area contributed by atoms with E-state index in [1.165, 1.54) is 6.42 Å². The number of hydrogen-bond acceptors (Lipinski definition) is 4. The first kappa shape index (κ1) is 11.2. The van der Waals surface area contributed by atoms with Crippen molar-refractivity contribution in [3.8, 4) is 11.5 Å². The van der Waals surface area contributed by atoms with Crippen LogP contribution in [0.3, 0.4) is 0 Å². The van der Waals surface area contributed by atoms with Gasteiger partial charge in [-0.3, -0.25) is 0 Å². The van der Waals surface area contributed by atoms with E-state index >= 15 is 0 Å². The van der Waals surface area contributed by atoms with Crippen molar-refractivity contribution >= 4 is 0 Å². The molecule has 2 heterocycles. The van der Waals surface area contributed by atoms with Crippen LogP contribution < -0.4 is 4.74 Å². The third-order valence-corrected chi connectivity index (χ3v) is 2.15. The van der Waals surface area contributed by atoms with Crippen molar-refractivity contribution in [2.24, 2.45) is 0 Å². The predicted molar refractivity (Wildman–Crippen MR) is 58.3 cm³/mol. The summed E-state index contributed by atoms with van der Waals surface area (Å²) in [6, 6.07) is 6.81. The van der Waals surface area contributed by atoms with Gasteiger partial charge in [0.2, 0.25) is 6.29 Å². The number of epoxide rings is 2. The van der Waals surface area contributed by atoms with Gasteiger partial charge in [-0.05, 0) is 12.1 Å². The zero-order valence-corrected chi connectivity index (χ0v) is 9.47. The summed E-state index contributed by atoms with van der Waals surface area (Å²) in [6.45, 7) is 4.59. The van der Waals surface area contributed by atoms with Crippen molar-refractivity contribution in [3.05, 3.63) is 24.3 Å². The van der Waals surface area contributed by atoms with Crippen molar-refractivity contribution < 1.29 is 19.3 Å². The average Bonchev–Trinajstić information content (AvgIpc) is 3.07.